The molecule has 3 aromatic rings. The SMILES string of the molecule is Cc1cn(-c2ncc(C=O)c3ncsc23)cn1. The quantitative estimate of drug-likeness (QED) is 0.647. The summed E-state index contributed by atoms with van der Waals surface area (Å²) in [6.45, 7) is 1.92. The van der Waals surface area contributed by atoms with Crippen LogP contribution in [0.3, 0.4) is 0 Å². The van der Waals surface area contributed by atoms with Crippen molar-refractivity contribution in [3.8, 4) is 5.82 Å². The average molecular weight is 244 g/mol. The van der Waals surface area contributed by atoms with E-state index in [4.69, 9.17) is 0 Å². The van der Waals surface area contributed by atoms with Crippen molar-refractivity contribution >= 4 is 27.8 Å². The molecule has 0 spiro atoms. The standard InChI is InChI=1S/C11H8N4OS/c1-7-3-15(5-13-7)11-10-9(14-6-17-10)8(4-16)2-12-11/h2-6H,1H3. The fourth-order valence-corrected chi connectivity index (χ4v) is 2.48. The Bertz CT molecular complexity index is 700. The highest BCUT2D eigenvalue weighted by atomic mass is 32.1. The van der Waals surface area contributed by atoms with Crippen LogP contribution in [-0.2, 0) is 0 Å². The molecule has 5 nitrogen and oxygen atoms in total. The van der Waals surface area contributed by atoms with Gasteiger partial charge in [-0.2, -0.15) is 0 Å². The van der Waals surface area contributed by atoms with Crippen molar-refractivity contribution < 1.29 is 4.79 Å². The number of carbonyl (C=O) groups is 1. The first kappa shape index (κ1) is 10.1. The van der Waals surface area contributed by atoms with E-state index in [0.717, 1.165) is 22.5 Å². The maximum absolute atomic E-state index is 10.9. The van der Waals surface area contributed by atoms with E-state index in [-0.39, 0.29) is 0 Å². The molecule has 0 N–H and O–H groups in total. The zero-order chi connectivity index (χ0) is 11.8. The summed E-state index contributed by atoms with van der Waals surface area (Å²) in [5, 5.41) is 0. The number of imidazole rings is 1. The summed E-state index contributed by atoms with van der Waals surface area (Å²) in [6, 6.07) is 0. The van der Waals surface area contributed by atoms with Crippen molar-refractivity contribution in [2.45, 2.75) is 6.92 Å². The number of aldehydes is 1. The lowest BCUT2D eigenvalue weighted by atomic mass is 10.3. The molecule has 84 valence electrons. The minimum atomic E-state index is 0.516. The fraction of sp³-hybridized carbons (Fsp3) is 0.0909. The largest absolute Gasteiger partial charge is 0.298 e. The number of thiazole rings is 1. The monoisotopic (exact) mass is 244 g/mol. The molecule has 0 aliphatic rings. The first-order chi connectivity index (χ1) is 8.29. The van der Waals surface area contributed by atoms with Crippen LogP contribution in [0.1, 0.15) is 16.1 Å². The second-order valence-corrected chi connectivity index (χ2v) is 4.46. The Labute approximate surface area is 101 Å². The molecule has 17 heavy (non-hydrogen) atoms. The third kappa shape index (κ3) is 1.53. The highest BCUT2D eigenvalue weighted by Gasteiger charge is 2.11. The average Bonchev–Trinajstić information content (AvgIpc) is 2.96. The zero-order valence-corrected chi connectivity index (χ0v) is 9.81. The molecule has 0 saturated heterocycles. The second kappa shape index (κ2) is 3.74. The van der Waals surface area contributed by atoms with E-state index >= 15 is 0 Å². The van der Waals surface area contributed by atoms with Crippen molar-refractivity contribution in [2.24, 2.45) is 0 Å². The summed E-state index contributed by atoms with van der Waals surface area (Å²) in [6.07, 6.45) is 5.91. The summed E-state index contributed by atoms with van der Waals surface area (Å²) >= 11 is 1.47. The van der Waals surface area contributed by atoms with Gasteiger partial charge in [-0.1, -0.05) is 0 Å². The van der Waals surface area contributed by atoms with Crippen molar-refractivity contribution in [1.82, 2.24) is 19.5 Å². The lowest BCUT2D eigenvalue weighted by Gasteiger charge is -2.02. The van der Waals surface area contributed by atoms with Gasteiger partial charge >= 0.3 is 0 Å². The van der Waals surface area contributed by atoms with E-state index in [1.807, 2.05) is 17.7 Å². The first-order valence-electron chi connectivity index (χ1n) is 4.98. The van der Waals surface area contributed by atoms with E-state index in [0.29, 0.717) is 11.1 Å². The van der Waals surface area contributed by atoms with Gasteiger partial charge in [0.2, 0.25) is 0 Å². The number of nitrogens with zero attached hydrogens (tertiary/aromatic N) is 4. The highest BCUT2D eigenvalue weighted by molar-refractivity contribution is 7.17. The number of fused-ring (bicyclic) bond motifs is 1. The maximum Gasteiger partial charge on any atom is 0.157 e. The fourth-order valence-electron chi connectivity index (χ4n) is 1.67. The Morgan fingerprint density at radius 3 is 2.94 bits per heavy atom. The molecule has 0 amide bonds. The minimum absolute atomic E-state index is 0.516. The van der Waals surface area contributed by atoms with E-state index < -0.39 is 0 Å². The molecule has 0 aliphatic carbocycles. The molecule has 3 rings (SSSR count). The first-order valence-corrected chi connectivity index (χ1v) is 5.86. The van der Waals surface area contributed by atoms with Crippen LogP contribution in [0.5, 0.6) is 0 Å². The molecule has 0 aromatic carbocycles. The van der Waals surface area contributed by atoms with Gasteiger partial charge in [0, 0.05) is 12.4 Å². The summed E-state index contributed by atoms with van der Waals surface area (Å²) in [5.74, 6) is 0.758. The number of hydrogen-bond acceptors (Lipinski definition) is 5. The molecule has 6 heteroatoms. The third-order valence-electron chi connectivity index (χ3n) is 2.45. The predicted octanol–water partition coefficient (Wildman–Crippen LogP) is 2.00. The van der Waals surface area contributed by atoms with Gasteiger partial charge in [-0.15, -0.1) is 11.3 Å². The van der Waals surface area contributed by atoms with E-state index in [9.17, 15) is 4.79 Å². The van der Waals surface area contributed by atoms with Crippen LogP contribution < -0.4 is 0 Å². The summed E-state index contributed by atoms with van der Waals surface area (Å²) in [5.41, 5.74) is 3.85. The van der Waals surface area contributed by atoms with Crippen molar-refractivity contribution in [1.29, 1.82) is 0 Å². The molecule has 3 aromatic heterocycles. The minimum Gasteiger partial charge on any atom is -0.298 e. The van der Waals surface area contributed by atoms with Gasteiger partial charge in [0.05, 0.1) is 27.0 Å². The van der Waals surface area contributed by atoms with Gasteiger partial charge in [-0.05, 0) is 6.92 Å². The Morgan fingerprint density at radius 1 is 1.35 bits per heavy atom. The summed E-state index contributed by atoms with van der Waals surface area (Å²) in [7, 11) is 0. The second-order valence-electron chi connectivity index (χ2n) is 3.61. The molecule has 0 aliphatic heterocycles. The summed E-state index contributed by atoms with van der Waals surface area (Å²) < 4.78 is 2.73. The van der Waals surface area contributed by atoms with Crippen LogP contribution in [0.25, 0.3) is 16.0 Å². The van der Waals surface area contributed by atoms with E-state index in [1.54, 1.807) is 18.0 Å². The van der Waals surface area contributed by atoms with Crippen LogP contribution in [0.2, 0.25) is 0 Å². The van der Waals surface area contributed by atoms with Gasteiger partial charge in [0.1, 0.15) is 6.33 Å². The Morgan fingerprint density at radius 2 is 2.24 bits per heavy atom. The third-order valence-corrected chi connectivity index (χ3v) is 3.28. The number of hydrogen-bond donors (Lipinski definition) is 0. The van der Waals surface area contributed by atoms with Gasteiger partial charge in [-0.3, -0.25) is 9.36 Å². The molecular weight excluding hydrogens is 236 g/mol. The highest BCUT2D eigenvalue weighted by Crippen LogP contribution is 2.25. The molecule has 0 bridgehead atoms. The van der Waals surface area contributed by atoms with Crippen LogP contribution in [0.15, 0.2) is 24.2 Å². The molecule has 0 radical (unpaired) electrons. The number of carbonyl (C=O) groups excluding carboxylic acids is 1. The molecule has 0 fully saturated rings. The molecule has 0 unspecified atom stereocenters. The van der Waals surface area contributed by atoms with Crippen LogP contribution in [0, 0.1) is 6.92 Å². The molecule has 0 atom stereocenters. The summed E-state index contributed by atoms with van der Waals surface area (Å²) in [4.78, 5) is 23.5. The number of rotatable bonds is 2. The molecule has 0 saturated carbocycles. The smallest absolute Gasteiger partial charge is 0.157 e. The van der Waals surface area contributed by atoms with Crippen LogP contribution in [0.4, 0.5) is 0 Å². The number of aromatic nitrogens is 4. The van der Waals surface area contributed by atoms with E-state index in [1.165, 1.54) is 11.3 Å². The van der Waals surface area contributed by atoms with Crippen LogP contribution in [-0.4, -0.2) is 25.8 Å². The van der Waals surface area contributed by atoms with E-state index in [2.05, 4.69) is 15.0 Å². The van der Waals surface area contributed by atoms with Crippen LogP contribution >= 0.6 is 11.3 Å². The predicted molar refractivity (Wildman–Crippen MR) is 64.7 cm³/mol. The van der Waals surface area contributed by atoms with Gasteiger partial charge in [0.25, 0.3) is 0 Å². The van der Waals surface area contributed by atoms with Gasteiger partial charge < -0.3 is 0 Å². The zero-order valence-electron chi connectivity index (χ0n) is 8.99. The lowest BCUT2D eigenvalue weighted by Crippen LogP contribution is -1.96. The Balaban J connectivity index is 2.31. The molecule has 3 heterocycles. The number of pyridine rings is 1. The normalized spacial score (nSPS) is 10.9. The maximum atomic E-state index is 10.9. The van der Waals surface area contributed by atoms with Gasteiger partial charge in [0.15, 0.2) is 12.1 Å². The number of aryl methyl sites for hydroxylation is 1. The Kier molecular flexibility index (Phi) is 2.22. The van der Waals surface area contributed by atoms with Gasteiger partial charge in [-0.25, -0.2) is 15.0 Å². The lowest BCUT2D eigenvalue weighted by molar-refractivity contribution is 0.112. The van der Waals surface area contributed by atoms with Crippen molar-refractivity contribution in [3.05, 3.63) is 35.5 Å². The van der Waals surface area contributed by atoms with Crippen molar-refractivity contribution in [3.63, 3.8) is 0 Å². The Hall–Kier alpha value is -2.08. The molecular formula is C11H8N4OS. The topological polar surface area (TPSA) is 60.7 Å². The van der Waals surface area contributed by atoms with Crippen molar-refractivity contribution in [2.75, 3.05) is 0 Å².